The van der Waals surface area contributed by atoms with Gasteiger partial charge in [-0.1, -0.05) is 0 Å². The van der Waals surface area contributed by atoms with Gasteiger partial charge in [-0.25, -0.2) is 0 Å². The molecule has 1 aliphatic heterocycles. The fourth-order valence-electron chi connectivity index (χ4n) is 1.72. The molecular weight excluding hydrogens is 196 g/mol. The molecule has 82 valence electrons. The van der Waals surface area contributed by atoms with E-state index in [1.165, 1.54) is 0 Å². The molecule has 15 heavy (non-hydrogen) atoms. The molecule has 1 atom stereocenters. The first-order valence-corrected chi connectivity index (χ1v) is 4.91. The van der Waals surface area contributed by atoms with Crippen molar-refractivity contribution in [2.75, 3.05) is 12.3 Å². The third kappa shape index (κ3) is 2.10. The number of anilines is 1. The molecule has 1 aromatic rings. The van der Waals surface area contributed by atoms with Crippen LogP contribution in [0.5, 0.6) is 0 Å². The topological polar surface area (TPSA) is 96.2 Å². The van der Waals surface area contributed by atoms with Crippen LogP contribution in [0, 0.1) is 0 Å². The molecule has 1 saturated heterocycles. The van der Waals surface area contributed by atoms with E-state index in [0.717, 1.165) is 19.4 Å². The molecule has 0 aromatic carbocycles. The fourth-order valence-corrected chi connectivity index (χ4v) is 1.72. The molecule has 0 radical (unpaired) electrons. The van der Waals surface area contributed by atoms with Crippen molar-refractivity contribution in [3.8, 4) is 0 Å². The molecule has 1 aliphatic rings. The standard InChI is InChI=1S/C9H14N4O2/c10-7-5-13(12-8(7)9(11)14)4-6-2-1-3-15-6/h5-6H,1-4,10H2,(H2,11,14)/t6-/m0/s1. The Labute approximate surface area is 87.2 Å². The highest BCUT2D eigenvalue weighted by Crippen LogP contribution is 2.15. The third-order valence-electron chi connectivity index (χ3n) is 2.44. The van der Waals surface area contributed by atoms with Crippen molar-refractivity contribution in [1.82, 2.24) is 9.78 Å². The lowest BCUT2D eigenvalue weighted by Gasteiger charge is -2.08. The molecule has 4 N–H and O–H groups in total. The number of hydrogen-bond acceptors (Lipinski definition) is 4. The second-order valence-electron chi connectivity index (χ2n) is 3.65. The van der Waals surface area contributed by atoms with E-state index in [1.807, 2.05) is 0 Å². The Morgan fingerprint density at radius 1 is 1.73 bits per heavy atom. The summed E-state index contributed by atoms with van der Waals surface area (Å²) in [5.41, 5.74) is 11.2. The van der Waals surface area contributed by atoms with Gasteiger partial charge in [0, 0.05) is 12.8 Å². The van der Waals surface area contributed by atoms with E-state index in [9.17, 15) is 4.79 Å². The summed E-state index contributed by atoms with van der Waals surface area (Å²) in [5.74, 6) is -0.599. The number of nitrogens with two attached hydrogens (primary N) is 2. The van der Waals surface area contributed by atoms with Crippen molar-refractivity contribution in [3.05, 3.63) is 11.9 Å². The maximum atomic E-state index is 10.9. The van der Waals surface area contributed by atoms with Crippen LogP contribution in [-0.2, 0) is 11.3 Å². The SMILES string of the molecule is NC(=O)c1nn(C[C@@H]2CCCO2)cc1N. The molecule has 0 spiro atoms. The van der Waals surface area contributed by atoms with Gasteiger partial charge in [-0.05, 0) is 12.8 Å². The zero-order chi connectivity index (χ0) is 10.8. The van der Waals surface area contributed by atoms with E-state index in [2.05, 4.69) is 5.10 Å². The first-order valence-electron chi connectivity index (χ1n) is 4.91. The minimum absolute atomic E-state index is 0.132. The number of ether oxygens (including phenoxy) is 1. The summed E-state index contributed by atoms with van der Waals surface area (Å²) in [6.07, 6.45) is 3.88. The fraction of sp³-hybridized carbons (Fsp3) is 0.556. The summed E-state index contributed by atoms with van der Waals surface area (Å²) < 4.78 is 7.07. The second-order valence-corrected chi connectivity index (χ2v) is 3.65. The third-order valence-corrected chi connectivity index (χ3v) is 2.44. The van der Waals surface area contributed by atoms with Crippen molar-refractivity contribution < 1.29 is 9.53 Å². The number of rotatable bonds is 3. The van der Waals surface area contributed by atoms with Crippen LogP contribution in [0.2, 0.25) is 0 Å². The monoisotopic (exact) mass is 210 g/mol. The Morgan fingerprint density at radius 2 is 2.53 bits per heavy atom. The van der Waals surface area contributed by atoms with Crippen LogP contribution >= 0.6 is 0 Å². The highest BCUT2D eigenvalue weighted by atomic mass is 16.5. The average Bonchev–Trinajstić information content (AvgIpc) is 2.75. The number of amides is 1. The first-order chi connectivity index (χ1) is 7.16. The van der Waals surface area contributed by atoms with Gasteiger partial charge in [0.15, 0.2) is 5.69 Å². The smallest absolute Gasteiger partial charge is 0.271 e. The Kier molecular flexibility index (Phi) is 2.59. The number of primary amides is 1. The zero-order valence-electron chi connectivity index (χ0n) is 8.35. The maximum Gasteiger partial charge on any atom is 0.271 e. The summed E-state index contributed by atoms with van der Waals surface area (Å²) in [6, 6.07) is 0. The molecule has 1 fully saturated rings. The predicted octanol–water partition coefficient (Wildman–Crippen LogP) is -0.257. The van der Waals surface area contributed by atoms with Crippen LogP contribution in [0.15, 0.2) is 6.20 Å². The summed E-state index contributed by atoms with van der Waals surface area (Å²) in [5, 5.41) is 4.01. The Bertz CT molecular complexity index is 368. The molecule has 1 amide bonds. The number of nitrogen functional groups attached to an aromatic ring is 1. The Morgan fingerprint density at radius 3 is 3.07 bits per heavy atom. The summed E-state index contributed by atoms with van der Waals surface area (Å²) >= 11 is 0. The molecule has 2 heterocycles. The Hall–Kier alpha value is -1.56. The molecule has 0 aliphatic carbocycles. The van der Waals surface area contributed by atoms with Crippen LogP contribution in [0.25, 0.3) is 0 Å². The normalized spacial score (nSPS) is 20.7. The van der Waals surface area contributed by atoms with Gasteiger partial charge in [-0.15, -0.1) is 0 Å². The van der Waals surface area contributed by atoms with Gasteiger partial charge in [0.2, 0.25) is 0 Å². The summed E-state index contributed by atoms with van der Waals surface area (Å²) in [7, 11) is 0. The Balaban J connectivity index is 2.08. The lowest BCUT2D eigenvalue weighted by atomic mass is 10.2. The van der Waals surface area contributed by atoms with Crippen molar-refractivity contribution in [2.24, 2.45) is 5.73 Å². The molecule has 2 rings (SSSR count). The molecular formula is C9H14N4O2. The largest absolute Gasteiger partial charge is 0.396 e. The van der Waals surface area contributed by atoms with Crippen molar-refractivity contribution >= 4 is 11.6 Å². The van der Waals surface area contributed by atoms with E-state index >= 15 is 0 Å². The summed E-state index contributed by atoms with van der Waals surface area (Å²) in [4.78, 5) is 10.9. The predicted molar refractivity (Wildman–Crippen MR) is 54.1 cm³/mol. The van der Waals surface area contributed by atoms with Crippen LogP contribution in [-0.4, -0.2) is 28.4 Å². The van der Waals surface area contributed by atoms with Gasteiger partial charge in [0.05, 0.1) is 18.3 Å². The van der Waals surface area contributed by atoms with E-state index in [4.69, 9.17) is 16.2 Å². The molecule has 1 aromatic heterocycles. The number of carbonyl (C=O) groups excluding carboxylic acids is 1. The highest BCUT2D eigenvalue weighted by Gasteiger charge is 2.18. The number of nitrogens with zero attached hydrogens (tertiary/aromatic N) is 2. The van der Waals surface area contributed by atoms with Crippen LogP contribution in [0.1, 0.15) is 23.3 Å². The average molecular weight is 210 g/mol. The zero-order valence-corrected chi connectivity index (χ0v) is 8.35. The number of aromatic nitrogens is 2. The second kappa shape index (κ2) is 3.90. The minimum Gasteiger partial charge on any atom is -0.396 e. The van der Waals surface area contributed by atoms with Crippen molar-refractivity contribution in [3.63, 3.8) is 0 Å². The van der Waals surface area contributed by atoms with E-state index in [0.29, 0.717) is 12.2 Å². The number of hydrogen-bond donors (Lipinski definition) is 2. The van der Waals surface area contributed by atoms with Gasteiger partial charge in [0.1, 0.15) is 0 Å². The maximum absolute atomic E-state index is 10.9. The summed E-state index contributed by atoms with van der Waals surface area (Å²) in [6.45, 7) is 1.42. The molecule has 0 unspecified atom stereocenters. The molecule has 0 bridgehead atoms. The highest BCUT2D eigenvalue weighted by molar-refractivity contribution is 5.95. The van der Waals surface area contributed by atoms with Gasteiger partial charge in [0.25, 0.3) is 5.91 Å². The molecule has 0 saturated carbocycles. The van der Waals surface area contributed by atoms with E-state index < -0.39 is 5.91 Å². The van der Waals surface area contributed by atoms with Crippen molar-refractivity contribution in [2.45, 2.75) is 25.5 Å². The van der Waals surface area contributed by atoms with Crippen LogP contribution in [0.4, 0.5) is 5.69 Å². The minimum atomic E-state index is -0.599. The van der Waals surface area contributed by atoms with Crippen molar-refractivity contribution in [1.29, 1.82) is 0 Å². The lowest BCUT2D eigenvalue weighted by Crippen LogP contribution is -2.17. The van der Waals surface area contributed by atoms with Crippen LogP contribution in [0.3, 0.4) is 0 Å². The molecule has 6 nitrogen and oxygen atoms in total. The van der Waals surface area contributed by atoms with Gasteiger partial charge in [-0.3, -0.25) is 9.48 Å². The first kappa shape index (κ1) is 9.97. The van der Waals surface area contributed by atoms with Gasteiger partial charge < -0.3 is 16.2 Å². The van der Waals surface area contributed by atoms with E-state index in [1.54, 1.807) is 10.9 Å². The van der Waals surface area contributed by atoms with Crippen LogP contribution < -0.4 is 11.5 Å². The quantitative estimate of drug-likeness (QED) is 0.718. The number of carbonyl (C=O) groups is 1. The lowest BCUT2D eigenvalue weighted by molar-refractivity contribution is 0.0927. The van der Waals surface area contributed by atoms with E-state index in [-0.39, 0.29) is 11.8 Å². The molecule has 6 heteroatoms. The van der Waals surface area contributed by atoms with Gasteiger partial charge in [-0.2, -0.15) is 5.10 Å². The van der Waals surface area contributed by atoms with Gasteiger partial charge >= 0.3 is 0 Å².